The number of hydrogen-bond donors (Lipinski definition) is 3. The molecule has 3 aromatic rings. The Labute approximate surface area is 189 Å². The van der Waals surface area contributed by atoms with Crippen molar-refractivity contribution in [1.82, 2.24) is 15.4 Å². The molecular weight excluding hydrogens is 422 g/mol. The summed E-state index contributed by atoms with van der Waals surface area (Å²) in [6, 6.07) is 25.5. The molecule has 1 aliphatic rings. The van der Waals surface area contributed by atoms with Crippen LogP contribution in [0.3, 0.4) is 0 Å². The van der Waals surface area contributed by atoms with Crippen molar-refractivity contribution in [2.24, 2.45) is 0 Å². The molecule has 0 aromatic heterocycles. The van der Waals surface area contributed by atoms with Gasteiger partial charge in [-0.15, -0.1) is 0 Å². The fourth-order valence-electron chi connectivity index (χ4n) is 4.01. The van der Waals surface area contributed by atoms with E-state index in [-0.39, 0.29) is 16.8 Å². The zero-order valence-corrected chi connectivity index (χ0v) is 18.5. The van der Waals surface area contributed by atoms with Gasteiger partial charge in [0.1, 0.15) is 0 Å². The Morgan fingerprint density at radius 1 is 0.812 bits per heavy atom. The Bertz CT molecular complexity index is 1120. The molecule has 0 aliphatic carbocycles. The molecule has 0 bridgehead atoms. The van der Waals surface area contributed by atoms with Gasteiger partial charge >= 0.3 is 0 Å². The quantitative estimate of drug-likeness (QED) is 0.492. The zero-order chi connectivity index (χ0) is 22.4. The standard InChI is InChI=1S/C25H27N3O3S/c29-25(22-17-10-18-26-22)27-23(19-11-4-1-5-12-19)24(20-13-6-2-7-14-20)28-32(30,31)21-15-8-3-9-16-21/h1-9,11-16,22-24,26,28H,10,17-18H2,(H,27,29)/t22-,23+,24+/m0/s1. The molecular formula is C25H27N3O3S. The molecule has 1 aliphatic heterocycles. The molecule has 166 valence electrons. The Hall–Kier alpha value is -3.00. The number of rotatable bonds is 8. The van der Waals surface area contributed by atoms with Crippen LogP contribution in [0.2, 0.25) is 0 Å². The van der Waals surface area contributed by atoms with Crippen LogP contribution in [0.1, 0.15) is 36.1 Å². The summed E-state index contributed by atoms with van der Waals surface area (Å²) in [5.74, 6) is -0.129. The van der Waals surface area contributed by atoms with E-state index in [9.17, 15) is 13.2 Å². The van der Waals surface area contributed by atoms with Crippen LogP contribution in [0.5, 0.6) is 0 Å². The van der Waals surface area contributed by atoms with E-state index >= 15 is 0 Å². The molecule has 3 N–H and O–H groups in total. The summed E-state index contributed by atoms with van der Waals surface area (Å²) >= 11 is 0. The first-order chi connectivity index (χ1) is 15.5. The van der Waals surface area contributed by atoms with Crippen LogP contribution in [0.25, 0.3) is 0 Å². The number of amides is 1. The van der Waals surface area contributed by atoms with E-state index < -0.39 is 22.1 Å². The molecule has 0 unspecified atom stereocenters. The van der Waals surface area contributed by atoms with E-state index in [1.54, 1.807) is 30.3 Å². The SMILES string of the molecule is O=C(N[C@H](c1ccccc1)[C@H](NS(=O)(=O)c1ccccc1)c1ccccc1)[C@@H]1CCCN1. The summed E-state index contributed by atoms with van der Waals surface area (Å²) in [4.78, 5) is 13.2. The molecule has 0 spiro atoms. The average Bonchev–Trinajstić information content (AvgIpc) is 3.38. The van der Waals surface area contributed by atoms with Gasteiger partial charge in [0.15, 0.2) is 0 Å². The zero-order valence-electron chi connectivity index (χ0n) is 17.6. The molecule has 6 nitrogen and oxygen atoms in total. The van der Waals surface area contributed by atoms with Gasteiger partial charge in [-0.05, 0) is 42.6 Å². The molecule has 1 heterocycles. The van der Waals surface area contributed by atoms with E-state index in [0.717, 1.165) is 30.5 Å². The van der Waals surface area contributed by atoms with Crippen molar-refractivity contribution in [2.45, 2.75) is 35.9 Å². The van der Waals surface area contributed by atoms with Gasteiger partial charge in [-0.3, -0.25) is 4.79 Å². The summed E-state index contributed by atoms with van der Waals surface area (Å²) in [5.41, 5.74) is 1.59. The number of nitrogens with one attached hydrogen (secondary N) is 3. The summed E-state index contributed by atoms with van der Waals surface area (Å²) in [6.45, 7) is 0.802. The number of sulfonamides is 1. The van der Waals surface area contributed by atoms with Crippen molar-refractivity contribution in [1.29, 1.82) is 0 Å². The van der Waals surface area contributed by atoms with Gasteiger partial charge in [-0.25, -0.2) is 13.1 Å². The largest absolute Gasteiger partial charge is 0.346 e. The maximum Gasteiger partial charge on any atom is 0.241 e. The minimum absolute atomic E-state index is 0.129. The van der Waals surface area contributed by atoms with Crippen LogP contribution in [0, 0.1) is 0 Å². The maximum atomic E-state index is 13.3. The lowest BCUT2D eigenvalue weighted by Crippen LogP contribution is -2.46. The predicted molar refractivity (Wildman–Crippen MR) is 124 cm³/mol. The van der Waals surface area contributed by atoms with Crippen LogP contribution < -0.4 is 15.4 Å². The maximum absolute atomic E-state index is 13.3. The second-order valence-electron chi connectivity index (χ2n) is 7.87. The third-order valence-corrected chi connectivity index (χ3v) is 7.12. The fraction of sp³-hybridized carbons (Fsp3) is 0.240. The number of benzene rings is 3. The highest BCUT2D eigenvalue weighted by molar-refractivity contribution is 7.89. The Balaban J connectivity index is 1.73. The van der Waals surface area contributed by atoms with E-state index in [0.29, 0.717) is 0 Å². The Morgan fingerprint density at radius 3 is 1.88 bits per heavy atom. The highest BCUT2D eigenvalue weighted by Crippen LogP contribution is 2.31. The highest BCUT2D eigenvalue weighted by Gasteiger charge is 2.33. The molecule has 0 radical (unpaired) electrons. The third kappa shape index (κ3) is 5.24. The van der Waals surface area contributed by atoms with E-state index in [4.69, 9.17) is 0 Å². The minimum atomic E-state index is -3.83. The fourth-order valence-corrected chi connectivity index (χ4v) is 5.26. The smallest absolute Gasteiger partial charge is 0.241 e. The van der Waals surface area contributed by atoms with E-state index in [1.165, 1.54) is 0 Å². The first-order valence-electron chi connectivity index (χ1n) is 10.8. The van der Waals surface area contributed by atoms with Crippen molar-refractivity contribution in [3.05, 3.63) is 102 Å². The first kappa shape index (κ1) is 22.2. The molecule has 32 heavy (non-hydrogen) atoms. The Morgan fingerprint density at radius 2 is 1.34 bits per heavy atom. The van der Waals surface area contributed by atoms with Gasteiger partial charge in [0, 0.05) is 0 Å². The predicted octanol–water partition coefficient (Wildman–Crippen LogP) is 3.32. The second-order valence-corrected chi connectivity index (χ2v) is 9.58. The van der Waals surface area contributed by atoms with Gasteiger partial charge in [0.25, 0.3) is 0 Å². The van der Waals surface area contributed by atoms with Gasteiger partial charge < -0.3 is 10.6 Å². The van der Waals surface area contributed by atoms with Crippen molar-refractivity contribution in [3.63, 3.8) is 0 Å². The van der Waals surface area contributed by atoms with Crippen molar-refractivity contribution in [3.8, 4) is 0 Å². The lowest BCUT2D eigenvalue weighted by Gasteiger charge is -2.30. The van der Waals surface area contributed by atoms with E-state index in [1.807, 2.05) is 60.7 Å². The lowest BCUT2D eigenvalue weighted by atomic mass is 9.93. The normalized spacial score (nSPS) is 18.1. The monoisotopic (exact) mass is 449 g/mol. The van der Waals surface area contributed by atoms with Crippen LogP contribution in [0.15, 0.2) is 95.9 Å². The van der Waals surface area contributed by atoms with Crippen LogP contribution in [-0.2, 0) is 14.8 Å². The first-order valence-corrected chi connectivity index (χ1v) is 12.2. The van der Waals surface area contributed by atoms with Crippen molar-refractivity contribution in [2.75, 3.05) is 6.54 Å². The van der Waals surface area contributed by atoms with Gasteiger partial charge in [0.05, 0.1) is 23.0 Å². The van der Waals surface area contributed by atoms with E-state index in [2.05, 4.69) is 15.4 Å². The summed E-state index contributed by atoms with van der Waals surface area (Å²) in [6.07, 6.45) is 1.70. The number of carbonyl (C=O) groups excluding carboxylic acids is 1. The molecule has 3 atom stereocenters. The minimum Gasteiger partial charge on any atom is -0.346 e. The van der Waals surface area contributed by atoms with Gasteiger partial charge in [-0.2, -0.15) is 0 Å². The summed E-state index contributed by atoms with van der Waals surface area (Å²) < 4.78 is 29.4. The van der Waals surface area contributed by atoms with Crippen molar-refractivity contribution >= 4 is 15.9 Å². The molecule has 3 aromatic carbocycles. The van der Waals surface area contributed by atoms with Gasteiger partial charge in [-0.1, -0.05) is 78.9 Å². The molecule has 4 rings (SSSR count). The third-order valence-electron chi connectivity index (χ3n) is 5.66. The van der Waals surface area contributed by atoms with Gasteiger partial charge in [0.2, 0.25) is 15.9 Å². The van der Waals surface area contributed by atoms with Crippen molar-refractivity contribution < 1.29 is 13.2 Å². The van der Waals surface area contributed by atoms with Crippen LogP contribution in [0.4, 0.5) is 0 Å². The molecule has 7 heteroatoms. The highest BCUT2D eigenvalue weighted by atomic mass is 32.2. The average molecular weight is 450 g/mol. The molecule has 1 saturated heterocycles. The van der Waals surface area contributed by atoms with Crippen LogP contribution >= 0.6 is 0 Å². The number of hydrogen-bond acceptors (Lipinski definition) is 4. The molecule has 1 fully saturated rings. The molecule has 0 saturated carbocycles. The Kier molecular flexibility index (Phi) is 6.99. The van der Waals surface area contributed by atoms with Crippen LogP contribution in [-0.4, -0.2) is 26.9 Å². The number of carbonyl (C=O) groups is 1. The topological polar surface area (TPSA) is 87.3 Å². The second kappa shape index (κ2) is 10.1. The lowest BCUT2D eigenvalue weighted by molar-refractivity contribution is -0.123. The summed E-state index contributed by atoms with van der Waals surface area (Å²) in [5, 5.41) is 6.33. The molecule has 1 amide bonds. The summed E-state index contributed by atoms with van der Waals surface area (Å²) in [7, 11) is -3.83.